The highest BCUT2D eigenvalue weighted by atomic mass is 32.2. The topological polar surface area (TPSA) is 49.7 Å². The molecule has 4 saturated carbocycles. The van der Waals surface area contributed by atoms with Gasteiger partial charge in [0.25, 0.3) is 0 Å². The molecule has 0 aromatic heterocycles. The molecular formula is C18H23NO2S. The summed E-state index contributed by atoms with van der Waals surface area (Å²) in [6, 6.07) is 9.38. The highest BCUT2D eigenvalue weighted by Crippen LogP contribution is 2.80. The van der Waals surface area contributed by atoms with Crippen molar-refractivity contribution < 1.29 is 9.32 Å². The Bertz CT molecular complexity index is 765. The van der Waals surface area contributed by atoms with Crippen LogP contribution >= 0.6 is 0 Å². The van der Waals surface area contributed by atoms with Crippen LogP contribution in [-0.4, -0.2) is 27.7 Å². The van der Waals surface area contributed by atoms with E-state index in [1.54, 1.807) is 7.05 Å². The van der Waals surface area contributed by atoms with E-state index in [4.69, 9.17) is 0 Å². The van der Waals surface area contributed by atoms with Gasteiger partial charge >= 0.3 is 0 Å². The zero-order valence-electron chi connectivity index (χ0n) is 13.2. The summed E-state index contributed by atoms with van der Waals surface area (Å²) in [5.74, 6) is 0.974. The van der Waals surface area contributed by atoms with Gasteiger partial charge in [-0.05, 0) is 36.3 Å². The first-order chi connectivity index (χ1) is 10.4. The predicted molar refractivity (Wildman–Crippen MR) is 88.0 cm³/mol. The summed E-state index contributed by atoms with van der Waals surface area (Å²) in [6.45, 7) is 6.50. The Labute approximate surface area is 132 Å². The minimum atomic E-state index is -2.59. The van der Waals surface area contributed by atoms with Crippen LogP contribution in [0.15, 0.2) is 51.7 Å². The predicted octanol–water partition coefficient (Wildman–Crippen LogP) is 3.11. The molecular weight excluding hydrogens is 294 g/mol. The molecule has 22 heavy (non-hydrogen) atoms. The van der Waals surface area contributed by atoms with E-state index in [0.29, 0.717) is 5.92 Å². The van der Waals surface area contributed by atoms with Crippen molar-refractivity contribution in [2.24, 2.45) is 27.5 Å². The Morgan fingerprint density at radius 1 is 1.41 bits per heavy atom. The van der Waals surface area contributed by atoms with Crippen molar-refractivity contribution in [1.29, 1.82) is 0 Å². The van der Waals surface area contributed by atoms with Gasteiger partial charge in [-0.1, -0.05) is 37.3 Å². The molecule has 4 aliphatic rings. The van der Waals surface area contributed by atoms with E-state index < -0.39 is 15.3 Å². The second-order valence-corrected chi connectivity index (χ2v) is 9.81. The lowest BCUT2D eigenvalue weighted by Crippen LogP contribution is -2.49. The Hall–Kier alpha value is -1.13. The first-order valence-corrected chi connectivity index (χ1v) is 9.64. The van der Waals surface area contributed by atoms with E-state index in [-0.39, 0.29) is 23.0 Å². The molecule has 0 saturated heterocycles. The molecule has 118 valence electrons. The zero-order chi connectivity index (χ0) is 15.8. The maximum Gasteiger partial charge on any atom is 0.0878 e. The van der Waals surface area contributed by atoms with Crippen LogP contribution in [0, 0.1) is 23.2 Å². The molecule has 0 amide bonds. The van der Waals surface area contributed by atoms with Gasteiger partial charge in [0.1, 0.15) is 0 Å². The van der Waals surface area contributed by atoms with Crippen molar-refractivity contribution in [3.63, 3.8) is 0 Å². The Kier molecular flexibility index (Phi) is 2.78. The quantitative estimate of drug-likeness (QED) is 0.871. The fraction of sp³-hybridized carbons (Fsp3) is 0.556. The number of hydrogen-bond acceptors (Lipinski definition) is 3. The Balaban J connectivity index is 1.75. The zero-order valence-corrected chi connectivity index (χ0v) is 14.0. The van der Waals surface area contributed by atoms with E-state index >= 15 is 0 Å². The summed E-state index contributed by atoms with van der Waals surface area (Å²) >= 11 is 0. The summed E-state index contributed by atoms with van der Waals surface area (Å²) < 4.78 is 17.6. The molecule has 6 atom stereocenters. The van der Waals surface area contributed by atoms with E-state index in [9.17, 15) is 9.32 Å². The van der Waals surface area contributed by atoms with Gasteiger partial charge in [-0.25, -0.2) is 8.57 Å². The molecule has 0 spiro atoms. The molecule has 1 aromatic carbocycles. The molecule has 0 heterocycles. The van der Waals surface area contributed by atoms with Gasteiger partial charge in [-0.2, -0.15) is 0 Å². The summed E-state index contributed by atoms with van der Waals surface area (Å²) in [5.41, 5.74) is 0.458. The van der Waals surface area contributed by atoms with Gasteiger partial charge < -0.3 is 5.11 Å². The monoisotopic (exact) mass is 317 g/mol. The van der Waals surface area contributed by atoms with Crippen molar-refractivity contribution in [1.82, 2.24) is 0 Å². The first kappa shape index (κ1) is 14.5. The molecule has 5 rings (SSSR count). The van der Waals surface area contributed by atoms with Gasteiger partial charge in [0.15, 0.2) is 0 Å². The third-order valence-electron chi connectivity index (χ3n) is 6.44. The van der Waals surface area contributed by atoms with E-state index in [1.165, 1.54) is 5.57 Å². The highest BCUT2D eigenvalue weighted by molar-refractivity contribution is 7.93. The molecule has 4 fully saturated rings. The smallest absolute Gasteiger partial charge is 0.0878 e. The number of benzene rings is 1. The van der Waals surface area contributed by atoms with E-state index in [1.807, 2.05) is 30.3 Å². The van der Waals surface area contributed by atoms with Crippen LogP contribution in [-0.2, 0) is 9.73 Å². The molecule has 0 unspecified atom stereocenters. The van der Waals surface area contributed by atoms with Crippen LogP contribution in [0.5, 0.6) is 0 Å². The molecule has 4 bridgehead atoms. The van der Waals surface area contributed by atoms with Crippen LogP contribution in [0.4, 0.5) is 0 Å². The fourth-order valence-electron chi connectivity index (χ4n) is 5.41. The van der Waals surface area contributed by atoms with Crippen molar-refractivity contribution in [3.05, 3.63) is 42.5 Å². The minimum Gasteiger partial charge on any atom is -0.388 e. The summed E-state index contributed by atoms with van der Waals surface area (Å²) in [7, 11) is -0.989. The molecule has 0 radical (unpaired) electrons. The Morgan fingerprint density at radius 3 is 2.64 bits per heavy atom. The van der Waals surface area contributed by atoms with Crippen LogP contribution in [0.3, 0.4) is 0 Å². The molecule has 4 aliphatic carbocycles. The van der Waals surface area contributed by atoms with Gasteiger partial charge in [0.05, 0.1) is 21.1 Å². The van der Waals surface area contributed by atoms with Crippen LogP contribution in [0.1, 0.15) is 19.8 Å². The number of fused-ring (bicyclic) bond motifs is 1. The third-order valence-corrected chi connectivity index (χ3v) is 8.89. The van der Waals surface area contributed by atoms with Crippen molar-refractivity contribution in [3.8, 4) is 0 Å². The second kappa shape index (κ2) is 4.24. The summed E-state index contributed by atoms with van der Waals surface area (Å²) in [6.07, 6.45) is 2.12. The standard InChI is InChI=1S/C18H23NO2S/c1-12-14-9-10-17(2)15(12)16(17)18(14,20)11-22(21,19-3)13-7-5-4-6-8-13/h4-8,14-16,20H,1,9-11H2,2-3H3/t14-,15+,16+,17+,18-,22-/m1/s1. The van der Waals surface area contributed by atoms with E-state index in [0.717, 1.165) is 17.7 Å². The molecule has 0 aliphatic heterocycles. The molecule has 1 N–H and O–H groups in total. The molecule has 4 heteroatoms. The lowest BCUT2D eigenvalue weighted by atomic mass is 9.68. The van der Waals surface area contributed by atoms with Crippen LogP contribution in [0.2, 0.25) is 0 Å². The lowest BCUT2D eigenvalue weighted by molar-refractivity contribution is -0.0318. The first-order valence-electron chi connectivity index (χ1n) is 7.96. The average molecular weight is 317 g/mol. The maximum atomic E-state index is 13.4. The highest BCUT2D eigenvalue weighted by Gasteiger charge is 2.79. The van der Waals surface area contributed by atoms with Crippen LogP contribution in [0.25, 0.3) is 0 Å². The normalized spacial score (nSPS) is 44.5. The number of rotatable bonds is 3. The fourth-order valence-corrected chi connectivity index (χ4v) is 7.50. The Morgan fingerprint density at radius 2 is 2.09 bits per heavy atom. The number of nitrogens with zero attached hydrogens (tertiary/aromatic N) is 1. The lowest BCUT2D eigenvalue weighted by Gasteiger charge is -2.43. The van der Waals surface area contributed by atoms with Crippen molar-refractivity contribution in [2.75, 3.05) is 12.8 Å². The minimum absolute atomic E-state index is 0.0932. The van der Waals surface area contributed by atoms with Gasteiger partial charge in [0.2, 0.25) is 0 Å². The van der Waals surface area contributed by atoms with Crippen LogP contribution < -0.4 is 0 Å². The average Bonchev–Trinajstić information content (AvgIpc) is 3.11. The molecule has 1 aromatic rings. The van der Waals surface area contributed by atoms with Gasteiger partial charge in [-0.3, -0.25) is 0 Å². The van der Waals surface area contributed by atoms with E-state index in [2.05, 4.69) is 17.9 Å². The third kappa shape index (κ3) is 1.57. The SMILES string of the molecule is C=C1[C@H]2CC[C@@]3(C)[C@@H]1[C@@H]3[C@@]2(O)C[S@](=O)(=NC)c1ccccc1. The maximum absolute atomic E-state index is 13.4. The summed E-state index contributed by atoms with van der Waals surface area (Å²) in [4.78, 5) is 0.724. The molecule has 3 nitrogen and oxygen atoms in total. The second-order valence-electron chi connectivity index (χ2n) is 7.40. The number of hydrogen-bond donors (Lipinski definition) is 1. The van der Waals surface area contributed by atoms with Gasteiger partial charge in [0, 0.05) is 23.8 Å². The van der Waals surface area contributed by atoms with Crippen molar-refractivity contribution in [2.45, 2.75) is 30.3 Å². The largest absolute Gasteiger partial charge is 0.388 e. The van der Waals surface area contributed by atoms with Crippen molar-refractivity contribution >= 4 is 9.73 Å². The summed E-state index contributed by atoms with van der Waals surface area (Å²) in [5, 5.41) is 11.5. The number of aliphatic hydroxyl groups is 1. The van der Waals surface area contributed by atoms with Gasteiger partial charge in [-0.15, -0.1) is 0 Å².